The second-order valence-electron chi connectivity index (χ2n) is 3.29. The van der Waals surface area contributed by atoms with Crippen molar-refractivity contribution in [2.75, 3.05) is 0 Å². The quantitative estimate of drug-likeness (QED) is 0.885. The minimum absolute atomic E-state index is 0.561. The van der Waals surface area contributed by atoms with Crippen molar-refractivity contribution in [3.63, 3.8) is 0 Å². The minimum atomic E-state index is -0.620. The zero-order valence-electron chi connectivity index (χ0n) is 8.00. The van der Waals surface area contributed by atoms with Gasteiger partial charge in [-0.3, -0.25) is 4.68 Å². The molecule has 0 spiro atoms. The summed E-state index contributed by atoms with van der Waals surface area (Å²) in [6.07, 6.45) is 5.10. The van der Waals surface area contributed by atoms with Crippen LogP contribution in [-0.4, -0.2) is 20.5 Å². The fourth-order valence-corrected chi connectivity index (χ4v) is 1.53. The second kappa shape index (κ2) is 4.24. The first-order chi connectivity index (χ1) is 6.09. The normalized spacial score (nSPS) is 12.0. The molecule has 1 N–H and O–H groups in total. The van der Waals surface area contributed by atoms with Gasteiger partial charge in [0.25, 0.3) is 0 Å². The third-order valence-corrected chi connectivity index (χ3v) is 2.78. The number of aromatic nitrogens is 2. The molecule has 0 aliphatic carbocycles. The van der Waals surface area contributed by atoms with E-state index in [1.165, 1.54) is 0 Å². The number of halogens is 1. The first-order valence-electron chi connectivity index (χ1n) is 4.50. The average Bonchev–Trinajstić information content (AvgIpc) is 2.51. The molecule has 1 heterocycles. The molecular weight excluding hydrogens is 232 g/mol. The van der Waals surface area contributed by atoms with E-state index in [2.05, 4.69) is 21.0 Å². The van der Waals surface area contributed by atoms with E-state index >= 15 is 0 Å². The molecule has 0 amide bonds. The van der Waals surface area contributed by atoms with Crippen LogP contribution in [0.25, 0.3) is 0 Å². The number of hydrogen-bond donors (Lipinski definition) is 1. The van der Waals surface area contributed by atoms with Crippen molar-refractivity contribution in [2.45, 2.75) is 38.8 Å². The van der Waals surface area contributed by atoms with Crippen LogP contribution in [0.5, 0.6) is 0 Å². The molecule has 1 rings (SSSR count). The van der Waals surface area contributed by atoms with Crippen molar-refractivity contribution in [2.24, 2.45) is 0 Å². The maximum Gasteiger partial charge on any atom is 0.0837 e. The molecule has 0 radical (unpaired) electrons. The Morgan fingerprint density at radius 3 is 2.54 bits per heavy atom. The predicted octanol–water partition coefficient (Wildman–Crippen LogP) is 2.20. The van der Waals surface area contributed by atoms with Crippen LogP contribution in [0.3, 0.4) is 0 Å². The molecular formula is C9H15BrN2O. The van der Waals surface area contributed by atoms with Crippen LogP contribution in [-0.2, 0) is 6.54 Å². The van der Waals surface area contributed by atoms with Gasteiger partial charge in [0.05, 0.1) is 22.8 Å². The SMILES string of the molecule is CCC(O)(CC)Cn1cc(Br)cn1. The Balaban J connectivity index is 2.67. The fraction of sp³-hybridized carbons (Fsp3) is 0.667. The van der Waals surface area contributed by atoms with Gasteiger partial charge in [-0.1, -0.05) is 13.8 Å². The first kappa shape index (κ1) is 10.7. The fourth-order valence-electron chi connectivity index (χ4n) is 1.20. The number of hydrogen-bond acceptors (Lipinski definition) is 2. The van der Waals surface area contributed by atoms with Crippen molar-refractivity contribution in [3.05, 3.63) is 16.9 Å². The van der Waals surface area contributed by atoms with Crippen molar-refractivity contribution in [1.82, 2.24) is 9.78 Å². The van der Waals surface area contributed by atoms with E-state index in [1.54, 1.807) is 10.9 Å². The van der Waals surface area contributed by atoms with E-state index in [9.17, 15) is 5.11 Å². The topological polar surface area (TPSA) is 38.0 Å². The zero-order valence-corrected chi connectivity index (χ0v) is 9.58. The first-order valence-corrected chi connectivity index (χ1v) is 5.29. The van der Waals surface area contributed by atoms with Gasteiger partial charge in [-0.15, -0.1) is 0 Å². The highest BCUT2D eigenvalue weighted by atomic mass is 79.9. The van der Waals surface area contributed by atoms with Crippen molar-refractivity contribution < 1.29 is 5.11 Å². The summed E-state index contributed by atoms with van der Waals surface area (Å²) in [7, 11) is 0. The van der Waals surface area contributed by atoms with Gasteiger partial charge in [-0.25, -0.2) is 0 Å². The van der Waals surface area contributed by atoms with Crippen LogP contribution in [0.1, 0.15) is 26.7 Å². The standard InChI is InChI=1S/C9H15BrN2O/c1-3-9(13,4-2)7-12-6-8(10)5-11-12/h5-6,13H,3-4,7H2,1-2H3. The number of nitrogens with zero attached hydrogens (tertiary/aromatic N) is 2. The van der Waals surface area contributed by atoms with Crippen molar-refractivity contribution >= 4 is 15.9 Å². The predicted molar refractivity (Wildman–Crippen MR) is 55.5 cm³/mol. The number of aliphatic hydroxyl groups is 1. The summed E-state index contributed by atoms with van der Waals surface area (Å²) >= 11 is 3.32. The Bertz CT molecular complexity index is 268. The molecule has 0 saturated heterocycles. The van der Waals surface area contributed by atoms with E-state index in [0.29, 0.717) is 6.54 Å². The lowest BCUT2D eigenvalue weighted by Gasteiger charge is -2.24. The Morgan fingerprint density at radius 1 is 1.54 bits per heavy atom. The Labute approximate surface area is 86.9 Å². The molecule has 0 aromatic carbocycles. The molecule has 0 aliphatic heterocycles. The number of rotatable bonds is 4. The van der Waals surface area contributed by atoms with E-state index in [-0.39, 0.29) is 0 Å². The van der Waals surface area contributed by atoms with Gasteiger partial charge in [-0.2, -0.15) is 5.10 Å². The average molecular weight is 247 g/mol. The smallest absolute Gasteiger partial charge is 0.0837 e. The summed E-state index contributed by atoms with van der Waals surface area (Å²) in [5.41, 5.74) is -0.620. The second-order valence-corrected chi connectivity index (χ2v) is 4.20. The summed E-state index contributed by atoms with van der Waals surface area (Å²) in [5.74, 6) is 0. The van der Waals surface area contributed by atoms with E-state index in [0.717, 1.165) is 17.3 Å². The molecule has 0 atom stereocenters. The zero-order chi connectivity index (χ0) is 9.90. The third-order valence-electron chi connectivity index (χ3n) is 2.37. The molecule has 1 aromatic heterocycles. The van der Waals surface area contributed by atoms with Gasteiger partial charge < -0.3 is 5.11 Å². The molecule has 0 saturated carbocycles. The van der Waals surface area contributed by atoms with Crippen LogP contribution in [0.2, 0.25) is 0 Å². The highest BCUT2D eigenvalue weighted by Gasteiger charge is 2.22. The van der Waals surface area contributed by atoms with Crippen LogP contribution < -0.4 is 0 Å². The van der Waals surface area contributed by atoms with Gasteiger partial charge in [0, 0.05) is 6.20 Å². The molecule has 1 aromatic rings. The van der Waals surface area contributed by atoms with E-state index < -0.39 is 5.60 Å². The van der Waals surface area contributed by atoms with E-state index in [4.69, 9.17) is 0 Å². The maximum atomic E-state index is 10.0. The lowest BCUT2D eigenvalue weighted by molar-refractivity contribution is 0.0119. The molecule has 0 aliphatic rings. The molecule has 74 valence electrons. The van der Waals surface area contributed by atoms with Crippen LogP contribution in [0.4, 0.5) is 0 Å². The lowest BCUT2D eigenvalue weighted by atomic mass is 9.98. The Morgan fingerprint density at radius 2 is 2.15 bits per heavy atom. The summed E-state index contributed by atoms with van der Waals surface area (Å²) in [6, 6.07) is 0. The van der Waals surface area contributed by atoms with Gasteiger partial charge in [0.15, 0.2) is 0 Å². The van der Waals surface area contributed by atoms with Crippen LogP contribution in [0.15, 0.2) is 16.9 Å². The van der Waals surface area contributed by atoms with Crippen LogP contribution in [0, 0.1) is 0 Å². The Hall–Kier alpha value is -0.350. The lowest BCUT2D eigenvalue weighted by Crippen LogP contribution is -2.32. The van der Waals surface area contributed by atoms with Gasteiger partial charge in [-0.05, 0) is 28.8 Å². The highest BCUT2D eigenvalue weighted by Crippen LogP contribution is 2.18. The van der Waals surface area contributed by atoms with Gasteiger partial charge in [0.1, 0.15) is 0 Å². The molecule has 0 unspecified atom stereocenters. The van der Waals surface area contributed by atoms with Crippen molar-refractivity contribution in [1.29, 1.82) is 0 Å². The monoisotopic (exact) mass is 246 g/mol. The molecule has 3 nitrogen and oxygen atoms in total. The Kier molecular flexibility index (Phi) is 3.50. The van der Waals surface area contributed by atoms with E-state index in [1.807, 2.05) is 20.0 Å². The molecule has 0 fully saturated rings. The molecule has 4 heteroatoms. The highest BCUT2D eigenvalue weighted by molar-refractivity contribution is 9.10. The van der Waals surface area contributed by atoms with Gasteiger partial charge in [0.2, 0.25) is 0 Å². The molecule has 13 heavy (non-hydrogen) atoms. The summed E-state index contributed by atoms with van der Waals surface area (Å²) in [4.78, 5) is 0. The van der Waals surface area contributed by atoms with Crippen molar-refractivity contribution in [3.8, 4) is 0 Å². The van der Waals surface area contributed by atoms with Gasteiger partial charge >= 0.3 is 0 Å². The van der Waals surface area contributed by atoms with Crippen LogP contribution >= 0.6 is 15.9 Å². The summed E-state index contributed by atoms with van der Waals surface area (Å²) in [6.45, 7) is 4.54. The third kappa shape index (κ3) is 2.81. The minimum Gasteiger partial charge on any atom is -0.388 e. The molecule has 0 bridgehead atoms. The maximum absolute atomic E-state index is 10.0. The largest absolute Gasteiger partial charge is 0.388 e. The summed E-state index contributed by atoms with van der Waals surface area (Å²) in [5, 5.41) is 14.1. The summed E-state index contributed by atoms with van der Waals surface area (Å²) < 4.78 is 2.71.